The molecular weight excluding hydrogens is 464 g/mol. The third kappa shape index (κ3) is 5.01. The van der Waals surface area contributed by atoms with Crippen molar-refractivity contribution in [2.24, 2.45) is 0 Å². The number of carbonyl (C=O) groups excluding carboxylic acids is 1. The van der Waals surface area contributed by atoms with E-state index in [0.29, 0.717) is 19.0 Å². The smallest absolute Gasteiger partial charge is 0.240 e. The van der Waals surface area contributed by atoms with Gasteiger partial charge in [-0.1, -0.05) is 12.1 Å². The van der Waals surface area contributed by atoms with Gasteiger partial charge in [-0.2, -0.15) is 0 Å². The molecule has 9 rings (SSSR count). The lowest BCUT2D eigenvalue weighted by molar-refractivity contribution is -0.129. The van der Waals surface area contributed by atoms with Crippen molar-refractivity contribution in [3.05, 3.63) is 60.6 Å². The summed E-state index contributed by atoms with van der Waals surface area (Å²) in [6.45, 7) is 7.36. The first kappa shape index (κ1) is 23.8. The van der Waals surface area contributed by atoms with Crippen molar-refractivity contribution in [1.82, 2.24) is 30.1 Å². The molecule has 1 aromatic carbocycles. The monoisotopic (exact) mass is 498 g/mol. The van der Waals surface area contributed by atoms with E-state index in [1.54, 1.807) is 6.20 Å². The molecule has 1 saturated heterocycles. The van der Waals surface area contributed by atoms with Crippen LogP contribution in [-0.2, 0) is 4.79 Å². The summed E-state index contributed by atoms with van der Waals surface area (Å²) >= 11 is 0. The molecule has 37 heavy (non-hydrogen) atoms. The number of carbonyl (C=O) groups is 1. The van der Waals surface area contributed by atoms with Gasteiger partial charge in [0.2, 0.25) is 11.9 Å². The lowest BCUT2D eigenvalue weighted by atomic mass is 10.0. The molecule has 192 valence electrons. The molecule has 9 heteroatoms. The number of amides is 1. The minimum absolute atomic E-state index is 0.183. The number of rotatable bonds is 0. The van der Waals surface area contributed by atoms with Gasteiger partial charge >= 0.3 is 0 Å². The highest BCUT2D eigenvalue weighted by Crippen LogP contribution is 2.43. The highest BCUT2D eigenvalue weighted by atomic mass is 16.2. The molecule has 2 aromatic heterocycles. The van der Waals surface area contributed by atoms with Crippen molar-refractivity contribution in [3.8, 4) is 11.1 Å². The van der Waals surface area contributed by atoms with Crippen LogP contribution in [0.1, 0.15) is 37.8 Å². The van der Waals surface area contributed by atoms with Gasteiger partial charge in [0.15, 0.2) is 0 Å². The zero-order valence-electron chi connectivity index (χ0n) is 21.3. The van der Waals surface area contributed by atoms with E-state index in [0.717, 1.165) is 68.1 Å². The maximum absolute atomic E-state index is 13.1. The normalized spacial score (nSPS) is 25.1. The maximum atomic E-state index is 13.1. The first-order valence-corrected chi connectivity index (χ1v) is 13.3. The fraction of sp³-hybridized carbons (Fsp3) is 0.429. The molecule has 9 nitrogen and oxygen atoms in total. The summed E-state index contributed by atoms with van der Waals surface area (Å²) in [7, 11) is 0. The molecule has 1 saturated carbocycles. The summed E-state index contributed by atoms with van der Waals surface area (Å²) in [5, 5.41) is 9.91. The van der Waals surface area contributed by atoms with Crippen LogP contribution in [0, 0.1) is 0 Å². The molecule has 3 aromatic rings. The predicted octanol–water partition coefficient (Wildman–Crippen LogP) is 3.43. The Balaban J connectivity index is 1.26. The van der Waals surface area contributed by atoms with Crippen LogP contribution in [0.25, 0.3) is 11.1 Å². The number of aromatic nitrogens is 3. The molecule has 2 fully saturated rings. The Hall–Kier alpha value is -3.56. The highest BCUT2D eigenvalue weighted by Gasteiger charge is 2.54. The van der Waals surface area contributed by atoms with Crippen LogP contribution in [0.3, 0.4) is 0 Å². The first-order valence-electron chi connectivity index (χ1n) is 13.3. The van der Waals surface area contributed by atoms with E-state index in [9.17, 15) is 4.79 Å². The van der Waals surface area contributed by atoms with Gasteiger partial charge in [0.25, 0.3) is 0 Å². The number of hydrogen-bond acceptors (Lipinski definition) is 8. The molecule has 7 heterocycles. The Kier molecular flexibility index (Phi) is 6.48. The average Bonchev–Trinajstić information content (AvgIpc) is 3.75. The van der Waals surface area contributed by atoms with E-state index in [1.807, 2.05) is 24.5 Å². The Labute approximate surface area is 217 Å². The van der Waals surface area contributed by atoms with Gasteiger partial charge in [0, 0.05) is 75.2 Å². The van der Waals surface area contributed by atoms with Crippen LogP contribution in [0.2, 0.25) is 0 Å². The van der Waals surface area contributed by atoms with E-state index in [2.05, 4.69) is 71.9 Å². The van der Waals surface area contributed by atoms with Gasteiger partial charge in [-0.25, -0.2) is 15.0 Å². The lowest BCUT2D eigenvalue weighted by Crippen LogP contribution is -2.57. The van der Waals surface area contributed by atoms with Crippen LogP contribution < -0.4 is 16.0 Å². The van der Waals surface area contributed by atoms with Gasteiger partial charge in [-0.15, -0.1) is 0 Å². The van der Waals surface area contributed by atoms with Crippen molar-refractivity contribution in [1.29, 1.82) is 0 Å². The number of anilines is 3. The van der Waals surface area contributed by atoms with E-state index in [4.69, 9.17) is 0 Å². The first-order chi connectivity index (χ1) is 18.1. The zero-order chi connectivity index (χ0) is 25.2. The summed E-state index contributed by atoms with van der Waals surface area (Å²) in [6, 6.07) is 12.8. The molecule has 3 N–H and O–H groups in total. The van der Waals surface area contributed by atoms with Crippen molar-refractivity contribution >= 4 is 23.4 Å². The largest absolute Gasteiger partial charge is 0.354 e. The van der Waals surface area contributed by atoms with Crippen molar-refractivity contribution in [3.63, 3.8) is 0 Å². The second kappa shape index (κ2) is 10.1. The molecule has 1 atom stereocenters. The highest BCUT2D eigenvalue weighted by molar-refractivity contribution is 5.89. The van der Waals surface area contributed by atoms with Gasteiger partial charge in [-0.05, 0) is 61.6 Å². The van der Waals surface area contributed by atoms with E-state index in [1.165, 1.54) is 5.56 Å². The molecule has 1 spiro atoms. The number of benzene rings is 1. The third-order valence-corrected chi connectivity index (χ3v) is 7.92. The molecule has 1 unspecified atom stereocenters. The minimum Gasteiger partial charge on any atom is -0.354 e. The Bertz CT molecular complexity index is 1250. The summed E-state index contributed by atoms with van der Waals surface area (Å²) in [5.41, 5.74) is 3.90. The molecule has 5 aliphatic heterocycles. The van der Waals surface area contributed by atoms with Crippen molar-refractivity contribution in [2.45, 2.75) is 37.8 Å². The van der Waals surface area contributed by atoms with Crippen LogP contribution >= 0.6 is 0 Å². The summed E-state index contributed by atoms with van der Waals surface area (Å²) in [6.07, 6.45) is 8.17. The SMILES string of the molecule is CC1c2cccc(c2)Nc2cc(ccn2)-c2cnc(nc2)NCCCNC(=O)C2(CC2)N2CCN1CC2. The molecule has 6 aliphatic rings. The Morgan fingerprint density at radius 1 is 0.919 bits per heavy atom. The van der Waals surface area contributed by atoms with E-state index < -0.39 is 0 Å². The fourth-order valence-electron chi connectivity index (χ4n) is 5.48. The molecular formula is C28H34N8O. The van der Waals surface area contributed by atoms with Crippen LogP contribution in [0.15, 0.2) is 55.0 Å². The van der Waals surface area contributed by atoms with Crippen LogP contribution in [0.4, 0.5) is 17.5 Å². The lowest BCUT2D eigenvalue weighted by Gasteiger charge is -2.41. The average molecular weight is 499 g/mol. The second-order valence-electron chi connectivity index (χ2n) is 10.2. The van der Waals surface area contributed by atoms with Gasteiger partial charge in [0.05, 0.1) is 0 Å². The van der Waals surface area contributed by atoms with Crippen LogP contribution in [-0.4, -0.2) is 75.5 Å². The van der Waals surface area contributed by atoms with E-state index >= 15 is 0 Å². The number of hydrogen-bond donors (Lipinski definition) is 3. The van der Waals surface area contributed by atoms with Gasteiger partial charge in [0.1, 0.15) is 11.4 Å². The van der Waals surface area contributed by atoms with Gasteiger partial charge in [-0.3, -0.25) is 14.6 Å². The predicted molar refractivity (Wildman–Crippen MR) is 145 cm³/mol. The minimum atomic E-state index is -0.304. The molecule has 1 aliphatic carbocycles. The standard InChI is InChI=1S/C28H34N8O/c1-20-21-4-2-5-24(16-21)34-25-17-22(6-11-29-25)23-18-32-27(33-19-23)31-10-3-9-30-26(37)28(7-8-28)36-14-12-35(20)13-15-36/h2,4-6,11,16-20H,3,7-10,12-15H2,1H3,(H,29,34)(H,30,37)(H,31,32,33). The second-order valence-corrected chi connectivity index (χ2v) is 10.2. The number of pyridine rings is 1. The van der Waals surface area contributed by atoms with E-state index in [-0.39, 0.29) is 17.5 Å². The Morgan fingerprint density at radius 3 is 2.49 bits per heavy atom. The number of nitrogens with one attached hydrogen (secondary N) is 3. The summed E-state index contributed by atoms with van der Waals surface area (Å²) < 4.78 is 0. The third-order valence-electron chi connectivity index (χ3n) is 7.92. The van der Waals surface area contributed by atoms with Crippen LogP contribution in [0.5, 0.6) is 0 Å². The maximum Gasteiger partial charge on any atom is 0.240 e. The fourth-order valence-corrected chi connectivity index (χ4v) is 5.48. The zero-order valence-corrected chi connectivity index (χ0v) is 21.3. The molecule has 1 amide bonds. The number of nitrogens with zero attached hydrogens (tertiary/aromatic N) is 5. The molecule has 8 bridgehead atoms. The summed E-state index contributed by atoms with van der Waals surface area (Å²) in [5.74, 6) is 1.55. The molecule has 0 radical (unpaired) electrons. The Morgan fingerprint density at radius 2 is 1.70 bits per heavy atom. The van der Waals surface area contributed by atoms with Crippen molar-refractivity contribution < 1.29 is 4.79 Å². The van der Waals surface area contributed by atoms with Crippen molar-refractivity contribution in [2.75, 3.05) is 49.9 Å². The van der Waals surface area contributed by atoms with Gasteiger partial charge < -0.3 is 16.0 Å². The summed E-state index contributed by atoms with van der Waals surface area (Å²) in [4.78, 5) is 31.5. The number of piperazine rings is 1. The topological polar surface area (TPSA) is 98.3 Å². The quantitative estimate of drug-likeness (QED) is 0.434.